The molecule has 1 amide bonds. The minimum atomic E-state index is -0.769. The van der Waals surface area contributed by atoms with Crippen molar-refractivity contribution in [3.8, 4) is 0 Å². The van der Waals surface area contributed by atoms with Gasteiger partial charge in [0.25, 0.3) is 0 Å². The van der Waals surface area contributed by atoms with Crippen LogP contribution in [-0.4, -0.2) is 42.3 Å². The Bertz CT molecular complexity index is 410. The number of hydrogen-bond acceptors (Lipinski definition) is 2. The van der Waals surface area contributed by atoms with Crippen molar-refractivity contribution in [3.63, 3.8) is 0 Å². The molecule has 2 aliphatic rings. The van der Waals surface area contributed by atoms with E-state index in [1.807, 2.05) is 0 Å². The Morgan fingerprint density at radius 2 is 1.33 bits per heavy atom. The van der Waals surface area contributed by atoms with Gasteiger partial charge in [-0.1, -0.05) is 18.2 Å². The van der Waals surface area contributed by atoms with Gasteiger partial charge in [-0.15, -0.1) is 0 Å². The highest BCUT2D eigenvalue weighted by molar-refractivity contribution is 5.64. The van der Waals surface area contributed by atoms with E-state index in [0.717, 1.165) is 25.9 Å². The fraction of sp³-hybridized carbons (Fsp3) is 0.588. The number of rotatable bonds is 1. The Labute approximate surface area is 127 Å². The molecule has 2 heterocycles. The van der Waals surface area contributed by atoms with Gasteiger partial charge in [0.15, 0.2) is 0 Å². The maximum Gasteiger partial charge on any atom is 0.407 e. The van der Waals surface area contributed by atoms with Crippen LogP contribution < -0.4 is 4.90 Å². The molecule has 1 N–H and O–H groups in total. The molecule has 0 atom stereocenters. The molecule has 0 spiro atoms. The van der Waals surface area contributed by atoms with E-state index in [9.17, 15) is 4.79 Å². The average molecular weight is 290 g/mol. The summed E-state index contributed by atoms with van der Waals surface area (Å²) in [5, 5.41) is 8.46. The summed E-state index contributed by atoms with van der Waals surface area (Å²) in [5.41, 5.74) is 1.39. The number of carbonyl (C=O) groups is 1. The molecule has 0 aromatic heterocycles. The van der Waals surface area contributed by atoms with Gasteiger partial charge in [-0.25, -0.2) is 4.79 Å². The predicted molar refractivity (Wildman–Crippen MR) is 86.0 cm³/mol. The van der Waals surface area contributed by atoms with Crippen molar-refractivity contribution in [2.24, 2.45) is 0 Å². The smallest absolute Gasteiger partial charge is 0.407 e. The minimum Gasteiger partial charge on any atom is -0.465 e. The Kier molecular flexibility index (Phi) is 6.38. The fourth-order valence-electron chi connectivity index (χ4n) is 2.88. The Hall–Kier alpha value is -1.71. The highest BCUT2D eigenvalue weighted by Gasteiger charge is 2.13. The first-order chi connectivity index (χ1) is 10.3. The topological polar surface area (TPSA) is 43.8 Å². The van der Waals surface area contributed by atoms with Gasteiger partial charge in [0.1, 0.15) is 0 Å². The highest BCUT2D eigenvalue weighted by atomic mass is 16.4. The number of amides is 1. The lowest BCUT2D eigenvalue weighted by Gasteiger charge is -2.28. The molecule has 0 unspecified atom stereocenters. The van der Waals surface area contributed by atoms with Gasteiger partial charge < -0.3 is 14.9 Å². The zero-order valence-corrected chi connectivity index (χ0v) is 12.7. The number of para-hydroxylation sites is 1. The van der Waals surface area contributed by atoms with Crippen LogP contribution in [0.15, 0.2) is 30.3 Å². The quantitative estimate of drug-likeness (QED) is 0.855. The van der Waals surface area contributed by atoms with Crippen LogP contribution in [-0.2, 0) is 0 Å². The molecule has 0 bridgehead atoms. The van der Waals surface area contributed by atoms with Gasteiger partial charge in [0, 0.05) is 31.9 Å². The average Bonchev–Trinajstić information content (AvgIpc) is 2.58. The van der Waals surface area contributed by atoms with Crippen LogP contribution in [0.1, 0.15) is 38.5 Å². The third-order valence-electron chi connectivity index (χ3n) is 4.10. The van der Waals surface area contributed by atoms with Gasteiger partial charge in [0.2, 0.25) is 0 Å². The molecule has 2 fully saturated rings. The van der Waals surface area contributed by atoms with Crippen molar-refractivity contribution < 1.29 is 9.90 Å². The first kappa shape index (κ1) is 15.7. The van der Waals surface area contributed by atoms with Gasteiger partial charge in [0.05, 0.1) is 0 Å². The number of hydrogen-bond donors (Lipinski definition) is 1. The Morgan fingerprint density at radius 3 is 1.81 bits per heavy atom. The van der Waals surface area contributed by atoms with Gasteiger partial charge in [-0.2, -0.15) is 0 Å². The van der Waals surface area contributed by atoms with Crippen LogP contribution in [0, 0.1) is 0 Å². The zero-order chi connectivity index (χ0) is 14.9. The molecule has 1 aromatic carbocycles. The number of piperidine rings is 2. The van der Waals surface area contributed by atoms with Crippen molar-refractivity contribution in [2.75, 3.05) is 31.1 Å². The fourth-order valence-corrected chi connectivity index (χ4v) is 2.88. The summed E-state index contributed by atoms with van der Waals surface area (Å²) in [6.45, 7) is 3.94. The van der Waals surface area contributed by atoms with E-state index < -0.39 is 6.09 Å². The largest absolute Gasteiger partial charge is 0.465 e. The molecular formula is C17H26N2O2. The van der Waals surface area contributed by atoms with Crippen molar-refractivity contribution in [1.29, 1.82) is 0 Å². The molecule has 2 aliphatic heterocycles. The summed E-state index contributed by atoms with van der Waals surface area (Å²) in [4.78, 5) is 14.2. The third-order valence-corrected chi connectivity index (χ3v) is 4.10. The molecule has 0 radical (unpaired) electrons. The van der Waals surface area contributed by atoms with Crippen molar-refractivity contribution in [1.82, 2.24) is 4.90 Å². The second kappa shape index (κ2) is 8.55. The number of carboxylic acid groups (broad SMARTS) is 1. The second-order valence-corrected chi connectivity index (χ2v) is 5.71. The van der Waals surface area contributed by atoms with E-state index in [1.54, 1.807) is 0 Å². The molecule has 1 aromatic rings. The summed E-state index contributed by atoms with van der Waals surface area (Å²) in [7, 11) is 0. The first-order valence-corrected chi connectivity index (χ1v) is 8.05. The maximum absolute atomic E-state index is 10.3. The molecular weight excluding hydrogens is 264 g/mol. The highest BCUT2D eigenvalue weighted by Crippen LogP contribution is 2.18. The lowest BCUT2D eigenvalue weighted by molar-refractivity contribution is 0.136. The number of likely N-dealkylation sites (tertiary alicyclic amines) is 1. The van der Waals surface area contributed by atoms with Crippen LogP contribution >= 0.6 is 0 Å². The summed E-state index contributed by atoms with van der Waals surface area (Å²) < 4.78 is 0. The van der Waals surface area contributed by atoms with Crippen molar-refractivity contribution in [3.05, 3.63) is 30.3 Å². The van der Waals surface area contributed by atoms with Gasteiger partial charge in [-0.3, -0.25) is 0 Å². The number of benzene rings is 1. The Balaban J connectivity index is 0.000000161. The monoisotopic (exact) mass is 290 g/mol. The number of anilines is 1. The van der Waals surface area contributed by atoms with Crippen LogP contribution in [0.4, 0.5) is 10.5 Å². The minimum absolute atomic E-state index is 0.731. The summed E-state index contributed by atoms with van der Waals surface area (Å²) >= 11 is 0. The van der Waals surface area contributed by atoms with Crippen molar-refractivity contribution in [2.45, 2.75) is 38.5 Å². The Morgan fingerprint density at radius 1 is 0.810 bits per heavy atom. The van der Waals surface area contributed by atoms with Gasteiger partial charge in [-0.05, 0) is 50.7 Å². The van der Waals surface area contributed by atoms with Crippen LogP contribution in [0.3, 0.4) is 0 Å². The molecule has 21 heavy (non-hydrogen) atoms. The molecule has 2 saturated heterocycles. The van der Waals surface area contributed by atoms with Gasteiger partial charge >= 0.3 is 6.09 Å². The van der Waals surface area contributed by atoms with Crippen LogP contribution in [0.2, 0.25) is 0 Å². The molecule has 0 saturated carbocycles. The lowest BCUT2D eigenvalue weighted by atomic mass is 10.1. The van der Waals surface area contributed by atoms with E-state index >= 15 is 0 Å². The van der Waals surface area contributed by atoms with E-state index in [1.165, 1.54) is 49.4 Å². The zero-order valence-electron chi connectivity index (χ0n) is 12.7. The van der Waals surface area contributed by atoms with E-state index in [-0.39, 0.29) is 0 Å². The normalized spacial score (nSPS) is 18.7. The SMILES string of the molecule is O=C(O)N1CCCCC1.c1ccc(N2CCCCC2)cc1. The third kappa shape index (κ3) is 5.29. The molecule has 4 heteroatoms. The standard InChI is InChI=1S/C11H15N.C6H11NO2/c1-3-7-11(8-4-1)12-9-5-2-6-10-12;8-6(9)7-4-2-1-3-5-7/h1,3-4,7-8H,2,5-6,9-10H2;1-5H2,(H,8,9). The predicted octanol–water partition coefficient (Wildman–Crippen LogP) is 3.83. The summed E-state index contributed by atoms with van der Waals surface area (Å²) in [6.07, 6.45) is 6.60. The maximum atomic E-state index is 10.3. The number of nitrogens with zero attached hydrogens (tertiary/aromatic N) is 2. The van der Waals surface area contributed by atoms with Crippen LogP contribution in [0.5, 0.6) is 0 Å². The van der Waals surface area contributed by atoms with E-state index in [2.05, 4.69) is 35.2 Å². The molecule has 3 rings (SSSR count). The van der Waals surface area contributed by atoms with E-state index in [0.29, 0.717) is 0 Å². The molecule has 116 valence electrons. The molecule has 0 aliphatic carbocycles. The lowest BCUT2D eigenvalue weighted by Crippen LogP contribution is -2.34. The second-order valence-electron chi connectivity index (χ2n) is 5.71. The van der Waals surface area contributed by atoms with Crippen molar-refractivity contribution >= 4 is 11.8 Å². The molecule has 4 nitrogen and oxygen atoms in total. The summed E-state index contributed by atoms with van der Waals surface area (Å²) in [6, 6.07) is 10.7. The van der Waals surface area contributed by atoms with E-state index in [4.69, 9.17) is 5.11 Å². The summed E-state index contributed by atoms with van der Waals surface area (Å²) in [5.74, 6) is 0. The van der Waals surface area contributed by atoms with Crippen LogP contribution in [0.25, 0.3) is 0 Å². The first-order valence-electron chi connectivity index (χ1n) is 8.05.